The predicted molar refractivity (Wildman–Crippen MR) is 121 cm³/mol. The molecule has 1 aliphatic rings. The molecule has 0 atom stereocenters. The van der Waals surface area contributed by atoms with Crippen LogP contribution < -0.4 is 10.3 Å². The molecule has 164 valence electrons. The summed E-state index contributed by atoms with van der Waals surface area (Å²) in [5, 5.41) is 0.425. The minimum absolute atomic E-state index is 0.0467. The zero-order chi connectivity index (χ0) is 22.6. The number of likely N-dealkylation sites (tertiary alicyclic amines) is 1. The SMILES string of the molecule is C=CN=C(C=C)c1nc2ccc(OC3CCN(C(=O)OC(C)(C)C)CC3)cc2c(=O)[nH]1. The highest BCUT2D eigenvalue weighted by molar-refractivity contribution is 6.06. The number of allylic oxidation sites excluding steroid dienone is 1. The Morgan fingerprint density at radius 3 is 2.61 bits per heavy atom. The molecular formula is C23H28N4O4. The number of benzene rings is 1. The summed E-state index contributed by atoms with van der Waals surface area (Å²) in [6, 6.07) is 5.22. The van der Waals surface area contributed by atoms with Gasteiger partial charge in [-0.1, -0.05) is 13.2 Å². The molecule has 1 fully saturated rings. The van der Waals surface area contributed by atoms with E-state index in [0.29, 0.717) is 54.1 Å². The summed E-state index contributed by atoms with van der Waals surface area (Å²) in [7, 11) is 0. The van der Waals surface area contributed by atoms with Crippen LogP contribution in [0.25, 0.3) is 10.9 Å². The van der Waals surface area contributed by atoms with Crippen molar-refractivity contribution in [3.05, 3.63) is 59.8 Å². The molecule has 0 spiro atoms. The van der Waals surface area contributed by atoms with Crippen LogP contribution in [-0.2, 0) is 4.74 Å². The van der Waals surface area contributed by atoms with Crippen molar-refractivity contribution >= 4 is 22.7 Å². The molecule has 1 aromatic heterocycles. The van der Waals surface area contributed by atoms with Crippen molar-refractivity contribution in [2.24, 2.45) is 4.99 Å². The van der Waals surface area contributed by atoms with Gasteiger partial charge < -0.3 is 19.4 Å². The van der Waals surface area contributed by atoms with Crippen molar-refractivity contribution in [3.63, 3.8) is 0 Å². The second kappa shape index (κ2) is 9.16. The average molecular weight is 425 g/mol. The van der Waals surface area contributed by atoms with Crippen molar-refractivity contribution in [3.8, 4) is 5.75 Å². The zero-order valence-corrected chi connectivity index (χ0v) is 18.2. The Kier molecular flexibility index (Phi) is 6.58. The Morgan fingerprint density at radius 2 is 2.00 bits per heavy atom. The van der Waals surface area contributed by atoms with E-state index in [1.807, 2.05) is 20.8 Å². The summed E-state index contributed by atoms with van der Waals surface area (Å²) < 4.78 is 11.5. The number of H-pyrrole nitrogens is 1. The maximum absolute atomic E-state index is 12.6. The second-order valence-corrected chi connectivity index (χ2v) is 8.28. The van der Waals surface area contributed by atoms with E-state index in [0.717, 1.165) is 0 Å². The van der Waals surface area contributed by atoms with Gasteiger partial charge in [-0.3, -0.25) is 9.79 Å². The molecule has 0 bridgehead atoms. The van der Waals surface area contributed by atoms with Crippen molar-refractivity contribution in [2.45, 2.75) is 45.3 Å². The minimum Gasteiger partial charge on any atom is -0.490 e. The third-order valence-electron chi connectivity index (χ3n) is 4.74. The molecule has 0 aliphatic carbocycles. The number of nitrogens with one attached hydrogen (secondary N) is 1. The molecule has 0 unspecified atom stereocenters. The molecular weight excluding hydrogens is 396 g/mol. The number of rotatable bonds is 5. The van der Waals surface area contributed by atoms with Crippen LogP contribution >= 0.6 is 0 Å². The van der Waals surface area contributed by atoms with E-state index in [1.54, 1.807) is 23.1 Å². The number of aliphatic imine (C=N–C) groups is 1. The molecule has 2 heterocycles. The Morgan fingerprint density at radius 1 is 1.29 bits per heavy atom. The van der Waals surface area contributed by atoms with E-state index in [9.17, 15) is 9.59 Å². The van der Waals surface area contributed by atoms with Crippen LogP contribution in [0.2, 0.25) is 0 Å². The van der Waals surface area contributed by atoms with E-state index in [2.05, 4.69) is 28.1 Å². The molecule has 2 aromatic rings. The standard InChI is InChI=1S/C23H28N4O4/c1-6-18(24-7-2)20-25-19-9-8-16(14-17(19)21(28)26-20)30-15-10-12-27(13-11-15)22(29)31-23(3,4)5/h6-9,14-15H,1-2,10-13H2,3-5H3,(H,25,26,28). The van der Waals surface area contributed by atoms with Crippen molar-refractivity contribution in [2.75, 3.05) is 13.1 Å². The first-order valence-electron chi connectivity index (χ1n) is 10.2. The molecule has 31 heavy (non-hydrogen) atoms. The van der Waals surface area contributed by atoms with Crippen LogP contribution in [0.4, 0.5) is 4.79 Å². The summed E-state index contributed by atoms with van der Waals surface area (Å²) >= 11 is 0. The molecule has 1 amide bonds. The number of amides is 1. The molecule has 0 radical (unpaired) electrons. The first-order valence-corrected chi connectivity index (χ1v) is 10.2. The molecule has 0 saturated carbocycles. The number of aromatic amines is 1. The molecule has 8 heteroatoms. The van der Waals surface area contributed by atoms with Crippen LogP contribution in [0, 0.1) is 0 Å². The fraction of sp³-hybridized carbons (Fsp3) is 0.391. The van der Waals surface area contributed by atoms with Gasteiger partial charge in [0, 0.05) is 32.1 Å². The fourth-order valence-electron chi connectivity index (χ4n) is 3.30. The topological polar surface area (TPSA) is 96.9 Å². The number of aromatic nitrogens is 2. The van der Waals surface area contributed by atoms with Gasteiger partial charge >= 0.3 is 6.09 Å². The number of hydrogen-bond acceptors (Lipinski definition) is 6. The summed E-state index contributed by atoms with van der Waals surface area (Å²) in [4.78, 5) is 37.7. The number of hydrogen-bond donors (Lipinski definition) is 1. The highest BCUT2D eigenvalue weighted by Crippen LogP contribution is 2.23. The Hall–Kier alpha value is -3.42. The number of carbonyl (C=O) groups excluding carboxylic acids is 1. The van der Waals surface area contributed by atoms with Crippen LogP contribution in [0.15, 0.2) is 53.4 Å². The van der Waals surface area contributed by atoms with E-state index < -0.39 is 5.60 Å². The lowest BCUT2D eigenvalue weighted by Crippen LogP contribution is -2.44. The predicted octanol–water partition coefficient (Wildman–Crippen LogP) is 3.82. The first kappa shape index (κ1) is 22.3. The van der Waals surface area contributed by atoms with Gasteiger partial charge in [0.25, 0.3) is 5.56 Å². The molecule has 1 saturated heterocycles. The van der Waals surface area contributed by atoms with Crippen LogP contribution in [0.5, 0.6) is 5.75 Å². The third-order valence-corrected chi connectivity index (χ3v) is 4.74. The lowest BCUT2D eigenvalue weighted by Gasteiger charge is -2.33. The second-order valence-electron chi connectivity index (χ2n) is 8.28. The maximum atomic E-state index is 12.6. The summed E-state index contributed by atoms with van der Waals surface area (Å²) in [5.41, 5.74) is 0.167. The maximum Gasteiger partial charge on any atom is 0.410 e. The van der Waals surface area contributed by atoms with Crippen LogP contribution in [0.1, 0.15) is 39.4 Å². The van der Waals surface area contributed by atoms with E-state index in [1.165, 1.54) is 12.3 Å². The number of ether oxygens (including phenoxy) is 2. The fourth-order valence-corrected chi connectivity index (χ4v) is 3.30. The number of nitrogens with zero attached hydrogens (tertiary/aromatic N) is 3. The highest BCUT2D eigenvalue weighted by atomic mass is 16.6. The van der Waals surface area contributed by atoms with Gasteiger partial charge in [-0.2, -0.15) is 0 Å². The normalized spacial score (nSPS) is 15.6. The first-order chi connectivity index (χ1) is 14.7. The van der Waals surface area contributed by atoms with Gasteiger partial charge in [0.1, 0.15) is 23.2 Å². The molecule has 8 nitrogen and oxygen atoms in total. The Bertz CT molecular complexity index is 1070. The van der Waals surface area contributed by atoms with Crippen molar-refractivity contribution in [1.82, 2.24) is 14.9 Å². The van der Waals surface area contributed by atoms with Crippen molar-refractivity contribution < 1.29 is 14.3 Å². The van der Waals surface area contributed by atoms with E-state index in [4.69, 9.17) is 9.47 Å². The molecule has 1 N–H and O–H groups in total. The zero-order valence-electron chi connectivity index (χ0n) is 18.2. The highest BCUT2D eigenvalue weighted by Gasteiger charge is 2.27. The van der Waals surface area contributed by atoms with Gasteiger partial charge in [-0.05, 0) is 45.0 Å². The smallest absolute Gasteiger partial charge is 0.410 e. The molecule has 1 aliphatic heterocycles. The van der Waals surface area contributed by atoms with Gasteiger partial charge in [-0.25, -0.2) is 9.78 Å². The molecule has 1 aromatic carbocycles. The van der Waals surface area contributed by atoms with Gasteiger partial charge in [0.15, 0.2) is 5.82 Å². The van der Waals surface area contributed by atoms with Crippen LogP contribution in [-0.4, -0.2) is 51.5 Å². The lowest BCUT2D eigenvalue weighted by molar-refractivity contribution is 0.0127. The Balaban J connectivity index is 1.69. The number of carbonyl (C=O) groups is 1. The van der Waals surface area contributed by atoms with E-state index >= 15 is 0 Å². The largest absolute Gasteiger partial charge is 0.490 e. The van der Waals surface area contributed by atoms with E-state index in [-0.39, 0.29) is 17.8 Å². The summed E-state index contributed by atoms with van der Waals surface area (Å²) in [6.07, 6.45) is 3.90. The number of fused-ring (bicyclic) bond motifs is 1. The average Bonchev–Trinajstić information content (AvgIpc) is 2.71. The van der Waals surface area contributed by atoms with Gasteiger partial charge in [-0.15, -0.1) is 0 Å². The minimum atomic E-state index is -0.513. The quantitative estimate of drug-likeness (QED) is 0.736. The Labute approximate surface area is 181 Å². The van der Waals surface area contributed by atoms with Gasteiger partial charge in [0.05, 0.1) is 10.9 Å². The summed E-state index contributed by atoms with van der Waals surface area (Å²) in [6.45, 7) is 13.9. The number of piperidine rings is 1. The summed E-state index contributed by atoms with van der Waals surface area (Å²) in [5.74, 6) is 0.919. The van der Waals surface area contributed by atoms with Crippen molar-refractivity contribution in [1.29, 1.82) is 0 Å². The van der Waals surface area contributed by atoms with Gasteiger partial charge in [0.2, 0.25) is 0 Å². The van der Waals surface area contributed by atoms with Crippen LogP contribution in [0.3, 0.4) is 0 Å². The lowest BCUT2D eigenvalue weighted by atomic mass is 10.1. The monoisotopic (exact) mass is 424 g/mol. The molecule has 3 rings (SSSR count). The third kappa shape index (κ3) is 5.59.